The van der Waals surface area contributed by atoms with E-state index in [4.69, 9.17) is 0 Å². The third kappa shape index (κ3) is 2.38. The number of nitrogens with one attached hydrogen (secondary N) is 1. The summed E-state index contributed by atoms with van der Waals surface area (Å²) in [4.78, 5) is 30.3. The number of fused-ring (bicyclic) bond motifs is 1. The number of aryl methyl sites for hydroxylation is 1. The first-order valence-electron chi connectivity index (χ1n) is 6.07. The summed E-state index contributed by atoms with van der Waals surface area (Å²) in [6.45, 7) is 0.458. The van der Waals surface area contributed by atoms with Gasteiger partial charge in [0, 0.05) is 11.5 Å². The van der Waals surface area contributed by atoms with Crippen LogP contribution in [0.15, 0.2) is 43.1 Å². The van der Waals surface area contributed by atoms with Crippen molar-refractivity contribution >= 4 is 43.0 Å². The van der Waals surface area contributed by atoms with Crippen molar-refractivity contribution < 1.29 is 0 Å². The van der Waals surface area contributed by atoms with Crippen molar-refractivity contribution in [3.63, 3.8) is 0 Å². The maximum Gasteiger partial charge on any atom is 0.329 e. The Morgan fingerprint density at radius 1 is 1.24 bits per heavy atom. The molecule has 8 heteroatoms. The summed E-state index contributed by atoms with van der Waals surface area (Å²) in [7, 11) is 1.57. The fourth-order valence-electron chi connectivity index (χ4n) is 2.15. The maximum atomic E-state index is 12.1. The van der Waals surface area contributed by atoms with E-state index in [0.717, 1.165) is 10.0 Å². The summed E-state index contributed by atoms with van der Waals surface area (Å²) in [6, 6.07) is 7.74. The van der Waals surface area contributed by atoms with Crippen LogP contribution in [0, 0.1) is 0 Å². The van der Waals surface area contributed by atoms with Crippen LogP contribution in [0.1, 0.15) is 5.56 Å². The predicted molar refractivity (Wildman–Crippen MR) is 86.5 cm³/mol. The zero-order valence-corrected chi connectivity index (χ0v) is 14.1. The zero-order valence-electron chi connectivity index (χ0n) is 10.9. The fourth-order valence-corrected chi connectivity index (χ4v) is 3.03. The van der Waals surface area contributed by atoms with Crippen LogP contribution in [-0.4, -0.2) is 19.1 Å². The SMILES string of the molecule is Cn1c(=O)[nH]c(=O)c2c1nc(Br)n2Cc1ccccc1Br. The molecule has 0 saturated heterocycles. The summed E-state index contributed by atoms with van der Waals surface area (Å²) in [5.41, 5.74) is 0.789. The van der Waals surface area contributed by atoms with Gasteiger partial charge in [0.05, 0.1) is 6.54 Å². The lowest BCUT2D eigenvalue weighted by molar-refractivity contribution is 0.788. The first kappa shape index (κ1) is 14.3. The first-order valence-corrected chi connectivity index (χ1v) is 7.66. The molecule has 0 radical (unpaired) electrons. The molecule has 0 spiro atoms. The number of hydrogen-bond donors (Lipinski definition) is 1. The van der Waals surface area contributed by atoms with E-state index in [2.05, 4.69) is 41.8 Å². The molecule has 0 saturated carbocycles. The minimum absolute atomic E-state index is 0.350. The van der Waals surface area contributed by atoms with Gasteiger partial charge < -0.3 is 4.57 Å². The Bertz CT molecular complexity index is 955. The normalized spacial score (nSPS) is 11.2. The molecule has 0 fully saturated rings. The van der Waals surface area contributed by atoms with E-state index in [1.165, 1.54) is 4.57 Å². The van der Waals surface area contributed by atoms with Crippen molar-refractivity contribution in [3.8, 4) is 0 Å². The standard InChI is InChI=1S/C13H10Br2N4O2/c1-18-10-9(11(20)17-13(18)21)19(12(15)16-10)6-7-4-2-3-5-8(7)14/h2-5H,6H2,1H3,(H,17,20,21). The second kappa shape index (κ2) is 5.27. The molecule has 0 amide bonds. The van der Waals surface area contributed by atoms with Crippen LogP contribution in [0.25, 0.3) is 11.2 Å². The van der Waals surface area contributed by atoms with Gasteiger partial charge in [-0.1, -0.05) is 34.1 Å². The number of hydrogen-bond acceptors (Lipinski definition) is 3. The van der Waals surface area contributed by atoms with Crippen LogP contribution < -0.4 is 11.2 Å². The van der Waals surface area contributed by atoms with Crippen molar-refractivity contribution in [2.45, 2.75) is 6.54 Å². The van der Waals surface area contributed by atoms with E-state index in [-0.39, 0.29) is 0 Å². The topological polar surface area (TPSA) is 72.7 Å². The molecule has 0 aliphatic rings. The Hall–Kier alpha value is -1.67. The number of H-pyrrole nitrogens is 1. The van der Waals surface area contributed by atoms with Gasteiger partial charge >= 0.3 is 5.69 Å². The van der Waals surface area contributed by atoms with Gasteiger partial charge in [-0.15, -0.1) is 0 Å². The Morgan fingerprint density at radius 2 is 1.95 bits per heavy atom. The largest absolute Gasteiger partial charge is 0.329 e. The summed E-state index contributed by atoms with van der Waals surface area (Å²) >= 11 is 6.84. The number of aromatic amines is 1. The van der Waals surface area contributed by atoms with Gasteiger partial charge in [0.25, 0.3) is 5.56 Å². The van der Waals surface area contributed by atoms with E-state index in [1.807, 2.05) is 24.3 Å². The van der Waals surface area contributed by atoms with Gasteiger partial charge in [0.2, 0.25) is 0 Å². The molecule has 0 bridgehead atoms. The van der Waals surface area contributed by atoms with Gasteiger partial charge in [-0.05, 0) is 27.6 Å². The Labute approximate surface area is 135 Å². The Kier molecular flexibility index (Phi) is 3.58. The van der Waals surface area contributed by atoms with E-state index in [9.17, 15) is 9.59 Å². The molecular weight excluding hydrogens is 404 g/mol. The maximum absolute atomic E-state index is 12.1. The highest BCUT2D eigenvalue weighted by Crippen LogP contribution is 2.22. The van der Waals surface area contributed by atoms with Crippen molar-refractivity contribution in [1.82, 2.24) is 19.1 Å². The molecule has 3 rings (SSSR count). The van der Waals surface area contributed by atoms with Crippen LogP contribution in [0.2, 0.25) is 0 Å². The van der Waals surface area contributed by atoms with Crippen LogP contribution >= 0.6 is 31.9 Å². The van der Waals surface area contributed by atoms with E-state index in [1.54, 1.807) is 11.6 Å². The van der Waals surface area contributed by atoms with E-state index >= 15 is 0 Å². The van der Waals surface area contributed by atoms with Crippen LogP contribution in [0.4, 0.5) is 0 Å². The number of benzene rings is 1. The quantitative estimate of drug-likeness (QED) is 0.653. The minimum Gasteiger partial charge on any atom is -0.308 e. The van der Waals surface area contributed by atoms with Crippen LogP contribution in [-0.2, 0) is 13.6 Å². The van der Waals surface area contributed by atoms with Gasteiger partial charge in [-0.2, -0.15) is 0 Å². The van der Waals surface area contributed by atoms with Gasteiger partial charge in [0.1, 0.15) is 0 Å². The lowest BCUT2D eigenvalue weighted by Gasteiger charge is -2.07. The molecule has 0 atom stereocenters. The molecule has 2 aromatic heterocycles. The summed E-state index contributed by atoms with van der Waals surface area (Å²) in [6.07, 6.45) is 0. The average molecular weight is 414 g/mol. The van der Waals surface area contributed by atoms with Crippen LogP contribution in [0.5, 0.6) is 0 Å². The average Bonchev–Trinajstić information content (AvgIpc) is 2.77. The zero-order chi connectivity index (χ0) is 15.1. The highest BCUT2D eigenvalue weighted by molar-refractivity contribution is 9.10. The number of imidazole rings is 1. The summed E-state index contributed by atoms with van der Waals surface area (Å²) in [5, 5.41) is 0. The summed E-state index contributed by atoms with van der Waals surface area (Å²) in [5.74, 6) is 0. The fraction of sp³-hybridized carbons (Fsp3) is 0.154. The summed E-state index contributed by atoms with van der Waals surface area (Å²) < 4.78 is 4.49. The second-order valence-corrected chi connectivity index (χ2v) is 6.11. The monoisotopic (exact) mass is 412 g/mol. The van der Waals surface area contributed by atoms with Gasteiger partial charge in [-0.3, -0.25) is 14.3 Å². The second-order valence-electron chi connectivity index (χ2n) is 4.55. The molecule has 0 unspecified atom stereocenters. The molecule has 0 aliphatic heterocycles. The van der Waals surface area contributed by atoms with Gasteiger partial charge in [-0.25, -0.2) is 9.78 Å². The number of rotatable bonds is 2. The predicted octanol–water partition coefficient (Wildman–Crippen LogP) is 2.00. The van der Waals surface area contributed by atoms with Crippen molar-refractivity contribution in [2.75, 3.05) is 0 Å². The first-order chi connectivity index (χ1) is 9.99. The number of aromatic nitrogens is 4. The van der Waals surface area contributed by atoms with E-state index < -0.39 is 11.2 Å². The third-order valence-electron chi connectivity index (χ3n) is 3.25. The highest BCUT2D eigenvalue weighted by atomic mass is 79.9. The Balaban J connectivity index is 2.27. The molecule has 21 heavy (non-hydrogen) atoms. The molecule has 6 nitrogen and oxygen atoms in total. The third-order valence-corrected chi connectivity index (χ3v) is 4.63. The van der Waals surface area contributed by atoms with Crippen molar-refractivity contribution in [2.24, 2.45) is 7.05 Å². The number of halogens is 2. The number of nitrogens with zero attached hydrogens (tertiary/aromatic N) is 3. The minimum atomic E-state index is -0.481. The van der Waals surface area contributed by atoms with Gasteiger partial charge in [0.15, 0.2) is 15.9 Å². The molecule has 0 aliphatic carbocycles. The molecular formula is C13H10Br2N4O2. The highest BCUT2D eigenvalue weighted by Gasteiger charge is 2.16. The van der Waals surface area contributed by atoms with Crippen molar-refractivity contribution in [1.29, 1.82) is 0 Å². The molecule has 3 aromatic rings. The molecule has 1 N–H and O–H groups in total. The Morgan fingerprint density at radius 3 is 2.67 bits per heavy atom. The van der Waals surface area contributed by atoms with Crippen molar-refractivity contribution in [3.05, 3.63) is 59.9 Å². The van der Waals surface area contributed by atoms with E-state index in [0.29, 0.717) is 22.4 Å². The lowest BCUT2D eigenvalue weighted by Crippen LogP contribution is -2.29. The van der Waals surface area contributed by atoms with Crippen LogP contribution in [0.3, 0.4) is 0 Å². The smallest absolute Gasteiger partial charge is 0.308 e. The molecule has 1 aromatic carbocycles. The molecule has 108 valence electrons. The molecule has 2 heterocycles. The lowest BCUT2D eigenvalue weighted by atomic mass is 10.2.